The molecule has 4 heteroatoms. The molecule has 1 N–H and O–H groups in total. The van der Waals surface area contributed by atoms with Crippen molar-refractivity contribution in [2.75, 3.05) is 37.7 Å². The Balaban J connectivity index is 1.62. The maximum Gasteiger partial charge on any atom is 0.0703 e. The first kappa shape index (κ1) is 15.3. The first-order valence-corrected chi connectivity index (χ1v) is 8.30. The Kier molecular flexibility index (Phi) is 4.66. The van der Waals surface area contributed by atoms with Crippen molar-refractivity contribution in [3.63, 3.8) is 0 Å². The Labute approximate surface area is 133 Å². The second-order valence-corrected chi connectivity index (χ2v) is 6.54. The van der Waals surface area contributed by atoms with Crippen molar-refractivity contribution >= 4 is 5.69 Å². The largest absolute Gasteiger partial charge is 0.378 e. The summed E-state index contributed by atoms with van der Waals surface area (Å²) in [5, 5.41) is 12.9. The maximum absolute atomic E-state index is 9.33. The molecule has 1 aliphatic carbocycles. The summed E-state index contributed by atoms with van der Waals surface area (Å²) < 4.78 is 5.42. The fourth-order valence-electron chi connectivity index (χ4n) is 3.21. The van der Waals surface area contributed by atoms with E-state index in [1.165, 1.54) is 17.7 Å². The molecule has 1 aromatic rings. The third-order valence-electron chi connectivity index (χ3n) is 5.04. The second kappa shape index (κ2) is 6.68. The third kappa shape index (κ3) is 3.26. The Morgan fingerprint density at radius 3 is 2.77 bits per heavy atom. The lowest BCUT2D eigenvalue weighted by Gasteiger charge is -2.36. The fourth-order valence-corrected chi connectivity index (χ4v) is 3.21. The van der Waals surface area contributed by atoms with Crippen LogP contribution in [0.1, 0.15) is 37.8 Å². The zero-order chi connectivity index (χ0) is 15.4. The summed E-state index contributed by atoms with van der Waals surface area (Å²) in [5.74, 6) is 0. The van der Waals surface area contributed by atoms with Gasteiger partial charge in [0, 0.05) is 31.4 Å². The van der Waals surface area contributed by atoms with Gasteiger partial charge in [-0.3, -0.25) is 0 Å². The number of anilines is 1. The van der Waals surface area contributed by atoms with E-state index in [1.807, 2.05) is 0 Å². The summed E-state index contributed by atoms with van der Waals surface area (Å²) in [4.78, 5) is 2.38. The molecule has 0 unspecified atom stereocenters. The Morgan fingerprint density at radius 2 is 2.14 bits per heavy atom. The minimum absolute atomic E-state index is 0.115. The van der Waals surface area contributed by atoms with Gasteiger partial charge in [0.2, 0.25) is 0 Å². The molecule has 1 saturated heterocycles. The minimum atomic E-state index is -0.115. The van der Waals surface area contributed by atoms with Crippen LogP contribution in [0, 0.1) is 16.7 Å². The molecule has 118 valence electrons. The van der Waals surface area contributed by atoms with Crippen LogP contribution in [0.4, 0.5) is 5.69 Å². The van der Waals surface area contributed by atoms with Crippen molar-refractivity contribution in [2.24, 2.45) is 5.41 Å². The topological polar surface area (TPSA) is 48.3 Å². The standard InChI is InChI=1S/C18H25N3O/c1-15(20-14-18(13-19)6-3-7-18)16-4-2-5-17(12-16)21-8-10-22-11-9-21/h2,4-5,12,15,20H,3,6-11,14H2,1H3/t15-/m0/s1. The number of rotatable bonds is 5. The summed E-state index contributed by atoms with van der Waals surface area (Å²) in [6.45, 7) is 6.52. The van der Waals surface area contributed by atoms with Gasteiger partial charge in [-0.1, -0.05) is 18.6 Å². The summed E-state index contributed by atoms with van der Waals surface area (Å²) in [6.07, 6.45) is 3.27. The number of hydrogen-bond donors (Lipinski definition) is 1. The van der Waals surface area contributed by atoms with Crippen molar-refractivity contribution in [3.8, 4) is 6.07 Å². The first-order chi connectivity index (χ1) is 10.7. The molecule has 1 atom stereocenters. The van der Waals surface area contributed by atoms with Gasteiger partial charge < -0.3 is 15.0 Å². The van der Waals surface area contributed by atoms with Crippen molar-refractivity contribution in [2.45, 2.75) is 32.2 Å². The van der Waals surface area contributed by atoms with Crippen molar-refractivity contribution < 1.29 is 4.74 Å². The van der Waals surface area contributed by atoms with Gasteiger partial charge >= 0.3 is 0 Å². The van der Waals surface area contributed by atoms with E-state index in [0.29, 0.717) is 0 Å². The number of ether oxygens (including phenoxy) is 1. The number of nitrogens with one attached hydrogen (secondary N) is 1. The Hall–Kier alpha value is -1.57. The second-order valence-electron chi connectivity index (χ2n) is 6.54. The van der Waals surface area contributed by atoms with Crippen molar-refractivity contribution in [3.05, 3.63) is 29.8 Å². The molecule has 0 spiro atoms. The van der Waals surface area contributed by atoms with E-state index in [9.17, 15) is 5.26 Å². The molecule has 4 nitrogen and oxygen atoms in total. The van der Waals surface area contributed by atoms with Gasteiger partial charge in [0.25, 0.3) is 0 Å². The molecule has 3 rings (SSSR count). The van der Waals surface area contributed by atoms with Crippen LogP contribution >= 0.6 is 0 Å². The van der Waals surface area contributed by atoms with Crippen LogP contribution in [0.25, 0.3) is 0 Å². The van der Waals surface area contributed by atoms with E-state index in [2.05, 4.69) is 47.5 Å². The van der Waals surface area contributed by atoms with E-state index >= 15 is 0 Å². The molecule has 0 radical (unpaired) electrons. The number of morpholine rings is 1. The molecule has 1 saturated carbocycles. The summed E-state index contributed by atoms with van der Waals surface area (Å²) in [6, 6.07) is 11.5. The molecule has 22 heavy (non-hydrogen) atoms. The van der Waals surface area contributed by atoms with Gasteiger partial charge in [0.15, 0.2) is 0 Å². The Morgan fingerprint density at radius 1 is 1.36 bits per heavy atom. The normalized spacial score (nSPS) is 21.7. The molecule has 1 heterocycles. The molecule has 1 aliphatic heterocycles. The van der Waals surface area contributed by atoms with E-state index in [1.54, 1.807) is 0 Å². The lowest BCUT2D eigenvalue weighted by atomic mass is 9.70. The summed E-state index contributed by atoms with van der Waals surface area (Å²) >= 11 is 0. The van der Waals surface area contributed by atoms with Gasteiger partial charge in [0.05, 0.1) is 24.7 Å². The van der Waals surface area contributed by atoms with Crippen LogP contribution < -0.4 is 10.2 Å². The van der Waals surface area contributed by atoms with Crippen LogP contribution in [0.5, 0.6) is 0 Å². The quantitative estimate of drug-likeness (QED) is 0.908. The predicted molar refractivity (Wildman–Crippen MR) is 87.8 cm³/mol. The molecule has 2 aliphatic rings. The van der Waals surface area contributed by atoms with Crippen LogP contribution in [-0.2, 0) is 4.74 Å². The average Bonchev–Trinajstić information content (AvgIpc) is 2.55. The van der Waals surface area contributed by atoms with Crippen LogP contribution in [0.3, 0.4) is 0 Å². The lowest BCUT2D eigenvalue weighted by Crippen LogP contribution is -2.39. The fraction of sp³-hybridized carbons (Fsp3) is 0.611. The Bertz CT molecular complexity index is 542. The first-order valence-electron chi connectivity index (χ1n) is 8.30. The molecule has 1 aromatic carbocycles. The zero-order valence-electron chi connectivity index (χ0n) is 13.3. The highest BCUT2D eigenvalue weighted by Crippen LogP contribution is 2.39. The van der Waals surface area contributed by atoms with E-state index in [4.69, 9.17) is 4.74 Å². The van der Waals surface area contributed by atoms with Gasteiger partial charge in [-0.2, -0.15) is 5.26 Å². The van der Waals surface area contributed by atoms with E-state index in [0.717, 1.165) is 45.7 Å². The molecule has 0 aromatic heterocycles. The lowest BCUT2D eigenvalue weighted by molar-refractivity contribution is 0.122. The van der Waals surface area contributed by atoms with Gasteiger partial charge in [-0.05, 0) is 37.5 Å². The zero-order valence-corrected chi connectivity index (χ0v) is 13.3. The number of nitrogens with zero attached hydrogens (tertiary/aromatic N) is 2. The minimum Gasteiger partial charge on any atom is -0.378 e. The number of hydrogen-bond acceptors (Lipinski definition) is 4. The highest BCUT2D eigenvalue weighted by atomic mass is 16.5. The van der Waals surface area contributed by atoms with Crippen LogP contribution in [0.15, 0.2) is 24.3 Å². The highest BCUT2D eigenvalue weighted by Gasteiger charge is 2.37. The van der Waals surface area contributed by atoms with Crippen molar-refractivity contribution in [1.82, 2.24) is 5.32 Å². The van der Waals surface area contributed by atoms with Gasteiger partial charge in [0.1, 0.15) is 0 Å². The molecule has 2 fully saturated rings. The molecular formula is C18H25N3O. The smallest absolute Gasteiger partial charge is 0.0703 e. The van der Waals surface area contributed by atoms with Gasteiger partial charge in [-0.25, -0.2) is 0 Å². The highest BCUT2D eigenvalue weighted by molar-refractivity contribution is 5.49. The van der Waals surface area contributed by atoms with Crippen molar-refractivity contribution in [1.29, 1.82) is 5.26 Å². The van der Waals surface area contributed by atoms with E-state index in [-0.39, 0.29) is 11.5 Å². The number of nitriles is 1. The van der Waals surface area contributed by atoms with Crippen LogP contribution in [-0.4, -0.2) is 32.8 Å². The molecule has 0 amide bonds. The van der Waals surface area contributed by atoms with E-state index < -0.39 is 0 Å². The molecule has 0 bridgehead atoms. The van der Waals surface area contributed by atoms with Crippen LogP contribution in [0.2, 0.25) is 0 Å². The average molecular weight is 299 g/mol. The summed E-state index contributed by atoms with van der Waals surface area (Å²) in [7, 11) is 0. The molecular weight excluding hydrogens is 274 g/mol. The van der Waals surface area contributed by atoms with Gasteiger partial charge in [-0.15, -0.1) is 0 Å². The predicted octanol–water partition coefficient (Wildman–Crippen LogP) is 2.87. The summed E-state index contributed by atoms with van der Waals surface area (Å²) in [5.41, 5.74) is 2.44. The third-order valence-corrected chi connectivity index (χ3v) is 5.04. The number of benzene rings is 1. The maximum atomic E-state index is 9.33. The SMILES string of the molecule is C[C@H](NCC1(C#N)CCC1)c1cccc(N2CCOCC2)c1. The monoisotopic (exact) mass is 299 g/mol.